The second kappa shape index (κ2) is 6.98. The standard InChI is InChI=1S/C18H22N2O3/c1-23-11-15(21)10-19-18(22)20-17-9-16(17)14-7-6-12-4-2-3-5-13(12)8-14/h2-8,15-17,21H,9-11H2,1H3,(H2,19,20,22)/t15-,16-,17+/m0/s1. The fraction of sp³-hybridized carbons (Fsp3) is 0.389. The maximum Gasteiger partial charge on any atom is 0.315 e. The first kappa shape index (κ1) is 15.8. The first-order valence-corrected chi connectivity index (χ1v) is 7.87. The number of methoxy groups -OCH3 is 1. The minimum Gasteiger partial charge on any atom is -0.389 e. The lowest BCUT2D eigenvalue weighted by Crippen LogP contribution is -2.42. The second-order valence-electron chi connectivity index (χ2n) is 6.02. The number of carbonyl (C=O) groups excluding carboxylic acids is 1. The number of urea groups is 1. The molecule has 2 aromatic rings. The Kier molecular flexibility index (Phi) is 4.79. The van der Waals surface area contributed by atoms with Crippen LogP contribution in [0.4, 0.5) is 4.79 Å². The zero-order chi connectivity index (χ0) is 16.2. The number of aliphatic hydroxyl groups is 1. The van der Waals surface area contributed by atoms with Crippen LogP contribution in [0.5, 0.6) is 0 Å². The van der Waals surface area contributed by atoms with Gasteiger partial charge in [-0.25, -0.2) is 4.79 Å². The van der Waals surface area contributed by atoms with Crippen LogP contribution < -0.4 is 10.6 Å². The number of benzene rings is 2. The van der Waals surface area contributed by atoms with Crippen molar-refractivity contribution in [2.75, 3.05) is 20.3 Å². The van der Waals surface area contributed by atoms with Crippen LogP contribution in [-0.2, 0) is 4.74 Å². The number of hydrogen-bond donors (Lipinski definition) is 3. The van der Waals surface area contributed by atoms with Gasteiger partial charge in [-0.2, -0.15) is 0 Å². The highest BCUT2D eigenvalue weighted by Gasteiger charge is 2.39. The largest absolute Gasteiger partial charge is 0.389 e. The van der Waals surface area contributed by atoms with E-state index < -0.39 is 6.10 Å². The summed E-state index contributed by atoms with van der Waals surface area (Å²) in [5.74, 6) is 0.370. The van der Waals surface area contributed by atoms with Gasteiger partial charge >= 0.3 is 6.03 Å². The molecule has 0 bridgehead atoms. The predicted molar refractivity (Wildman–Crippen MR) is 89.5 cm³/mol. The van der Waals surface area contributed by atoms with Gasteiger partial charge in [-0.3, -0.25) is 0 Å². The highest BCUT2D eigenvalue weighted by atomic mass is 16.5. The highest BCUT2D eigenvalue weighted by molar-refractivity contribution is 5.83. The molecule has 122 valence electrons. The lowest BCUT2D eigenvalue weighted by molar-refractivity contribution is 0.0659. The minimum atomic E-state index is -0.679. The van der Waals surface area contributed by atoms with Gasteiger partial charge in [0.2, 0.25) is 0 Å². The van der Waals surface area contributed by atoms with Gasteiger partial charge in [-0.05, 0) is 22.8 Å². The number of fused-ring (bicyclic) bond motifs is 1. The molecule has 2 aromatic carbocycles. The van der Waals surface area contributed by atoms with Gasteiger partial charge in [0.15, 0.2) is 0 Å². The number of rotatable bonds is 6. The monoisotopic (exact) mass is 314 g/mol. The van der Waals surface area contributed by atoms with Crippen LogP contribution in [0.25, 0.3) is 10.8 Å². The van der Waals surface area contributed by atoms with E-state index in [0.717, 1.165) is 6.42 Å². The Hall–Kier alpha value is -2.11. The zero-order valence-electron chi connectivity index (χ0n) is 13.2. The number of aliphatic hydroxyl groups excluding tert-OH is 1. The maximum atomic E-state index is 11.8. The predicted octanol–water partition coefficient (Wildman–Crippen LogP) is 2.00. The third-order valence-electron chi connectivity index (χ3n) is 4.17. The number of amides is 2. The van der Waals surface area contributed by atoms with Crippen molar-refractivity contribution in [2.45, 2.75) is 24.5 Å². The fourth-order valence-corrected chi connectivity index (χ4v) is 2.84. The molecule has 5 heteroatoms. The molecule has 3 rings (SSSR count). The van der Waals surface area contributed by atoms with E-state index >= 15 is 0 Å². The van der Waals surface area contributed by atoms with E-state index in [9.17, 15) is 9.90 Å². The molecular weight excluding hydrogens is 292 g/mol. The van der Waals surface area contributed by atoms with Gasteiger partial charge < -0.3 is 20.5 Å². The summed E-state index contributed by atoms with van der Waals surface area (Å²) >= 11 is 0. The molecule has 1 aliphatic carbocycles. The second-order valence-corrected chi connectivity index (χ2v) is 6.02. The van der Waals surface area contributed by atoms with Crippen LogP contribution >= 0.6 is 0 Å². The first-order chi connectivity index (χ1) is 11.2. The molecule has 3 atom stereocenters. The van der Waals surface area contributed by atoms with Gasteiger partial charge in [-0.1, -0.05) is 42.5 Å². The molecule has 0 aromatic heterocycles. The van der Waals surface area contributed by atoms with E-state index in [-0.39, 0.29) is 25.2 Å². The average Bonchev–Trinajstić information content (AvgIpc) is 3.32. The summed E-state index contributed by atoms with van der Waals surface area (Å²) in [5, 5.41) is 17.6. The third-order valence-corrected chi connectivity index (χ3v) is 4.17. The Balaban J connectivity index is 1.51. The Morgan fingerprint density at radius 1 is 1.30 bits per heavy atom. The number of hydrogen-bond acceptors (Lipinski definition) is 3. The molecule has 3 N–H and O–H groups in total. The number of nitrogens with one attached hydrogen (secondary N) is 2. The van der Waals surface area contributed by atoms with Crippen molar-refractivity contribution in [1.29, 1.82) is 0 Å². The quantitative estimate of drug-likeness (QED) is 0.764. The molecule has 0 spiro atoms. The summed E-state index contributed by atoms with van der Waals surface area (Å²) in [6.45, 7) is 0.399. The molecule has 0 radical (unpaired) electrons. The molecule has 1 fully saturated rings. The molecule has 1 aliphatic rings. The Morgan fingerprint density at radius 3 is 2.87 bits per heavy atom. The van der Waals surface area contributed by atoms with E-state index in [2.05, 4.69) is 41.0 Å². The first-order valence-electron chi connectivity index (χ1n) is 7.87. The van der Waals surface area contributed by atoms with Crippen molar-refractivity contribution in [3.63, 3.8) is 0 Å². The summed E-state index contributed by atoms with van der Waals surface area (Å²) in [6.07, 6.45) is 0.271. The van der Waals surface area contributed by atoms with Crippen LogP contribution in [-0.4, -0.2) is 43.5 Å². The van der Waals surface area contributed by atoms with Crippen LogP contribution in [0.15, 0.2) is 42.5 Å². The van der Waals surface area contributed by atoms with E-state index in [4.69, 9.17) is 4.74 Å². The molecule has 5 nitrogen and oxygen atoms in total. The lowest BCUT2D eigenvalue weighted by atomic mass is 10.0. The van der Waals surface area contributed by atoms with Crippen molar-refractivity contribution in [3.8, 4) is 0 Å². The Bertz CT molecular complexity index is 689. The van der Waals surface area contributed by atoms with Crippen molar-refractivity contribution in [3.05, 3.63) is 48.0 Å². The minimum absolute atomic E-state index is 0.163. The molecule has 1 saturated carbocycles. The SMILES string of the molecule is COC[C@@H](O)CNC(=O)N[C@@H]1C[C@H]1c1ccc2ccccc2c1. The van der Waals surface area contributed by atoms with E-state index in [1.807, 2.05) is 12.1 Å². The van der Waals surface area contributed by atoms with Crippen LogP contribution in [0.3, 0.4) is 0 Å². The molecular formula is C18H22N2O3. The van der Waals surface area contributed by atoms with Gasteiger partial charge in [0.25, 0.3) is 0 Å². The topological polar surface area (TPSA) is 70.6 Å². The van der Waals surface area contributed by atoms with Crippen molar-refractivity contribution in [2.24, 2.45) is 0 Å². The molecule has 0 unspecified atom stereocenters. The molecule has 0 aliphatic heterocycles. The van der Waals surface area contributed by atoms with Crippen LogP contribution in [0.2, 0.25) is 0 Å². The van der Waals surface area contributed by atoms with Crippen LogP contribution in [0, 0.1) is 0 Å². The average molecular weight is 314 g/mol. The van der Waals surface area contributed by atoms with Crippen LogP contribution in [0.1, 0.15) is 17.9 Å². The van der Waals surface area contributed by atoms with Crippen molar-refractivity contribution in [1.82, 2.24) is 10.6 Å². The summed E-state index contributed by atoms with van der Waals surface area (Å²) in [5.41, 5.74) is 1.26. The smallest absolute Gasteiger partial charge is 0.315 e. The summed E-state index contributed by atoms with van der Waals surface area (Å²) in [6, 6.07) is 14.6. The number of carbonyl (C=O) groups is 1. The van der Waals surface area contributed by atoms with Gasteiger partial charge in [0.05, 0.1) is 12.7 Å². The van der Waals surface area contributed by atoms with E-state index in [0.29, 0.717) is 5.92 Å². The zero-order valence-corrected chi connectivity index (χ0v) is 13.2. The molecule has 0 heterocycles. The molecule has 23 heavy (non-hydrogen) atoms. The van der Waals surface area contributed by atoms with Crippen molar-refractivity contribution < 1.29 is 14.6 Å². The normalized spacial score (nSPS) is 21.0. The molecule has 0 saturated heterocycles. The third kappa shape index (κ3) is 4.00. The van der Waals surface area contributed by atoms with Gasteiger partial charge in [0, 0.05) is 25.6 Å². The molecule has 2 amide bonds. The summed E-state index contributed by atoms with van der Waals surface area (Å²) in [7, 11) is 1.52. The van der Waals surface area contributed by atoms with E-state index in [1.165, 1.54) is 23.4 Å². The summed E-state index contributed by atoms with van der Waals surface area (Å²) in [4.78, 5) is 11.8. The van der Waals surface area contributed by atoms with E-state index in [1.54, 1.807) is 0 Å². The van der Waals surface area contributed by atoms with Crippen molar-refractivity contribution >= 4 is 16.8 Å². The lowest BCUT2D eigenvalue weighted by Gasteiger charge is -2.11. The Morgan fingerprint density at radius 2 is 2.09 bits per heavy atom. The Labute approximate surface area is 135 Å². The highest BCUT2D eigenvalue weighted by Crippen LogP contribution is 2.41. The summed E-state index contributed by atoms with van der Waals surface area (Å²) < 4.78 is 4.82. The van der Waals surface area contributed by atoms with Gasteiger partial charge in [-0.15, -0.1) is 0 Å². The van der Waals surface area contributed by atoms with Gasteiger partial charge in [0.1, 0.15) is 0 Å². The number of ether oxygens (including phenoxy) is 1. The maximum absolute atomic E-state index is 11.8. The fourth-order valence-electron chi connectivity index (χ4n) is 2.84.